The highest BCUT2D eigenvalue weighted by Gasteiger charge is 2.16. The van der Waals surface area contributed by atoms with Gasteiger partial charge in [-0.25, -0.2) is 9.37 Å². The molecule has 0 radical (unpaired) electrons. The number of amides is 1. The highest BCUT2D eigenvalue weighted by atomic mass is 32.1. The van der Waals surface area contributed by atoms with Gasteiger partial charge in [0, 0.05) is 18.1 Å². The number of carbonyl (C=O) groups excluding carboxylic acids is 1. The molecular weight excluding hydrogens is 309 g/mol. The summed E-state index contributed by atoms with van der Waals surface area (Å²) in [6.07, 6.45) is 0. The van der Waals surface area contributed by atoms with Crippen LogP contribution >= 0.6 is 11.3 Å². The Morgan fingerprint density at radius 3 is 2.95 bits per heavy atom. The Hall–Kier alpha value is -2.03. The van der Waals surface area contributed by atoms with Crippen molar-refractivity contribution in [2.45, 2.75) is 6.04 Å². The van der Waals surface area contributed by atoms with Gasteiger partial charge >= 0.3 is 0 Å². The van der Waals surface area contributed by atoms with Gasteiger partial charge in [-0.15, -0.1) is 11.3 Å². The third-order valence-corrected chi connectivity index (χ3v) is 3.61. The van der Waals surface area contributed by atoms with Gasteiger partial charge in [-0.3, -0.25) is 4.79 Å². The molecule has 0 aliphatic carbocycles. The molecule has 1 aromatic heterocycles. The highest BCUT2D eigenvalue weighted by Crippen LogP contribution is 2.32. The normalized spacial score (nSPS) is 12.0. The van der Waals surface area contributed by atoms with E-state index in [4.69, 9.17) is 15.2 Å². The number of anilines is 1. The second-order valence-corrected chi connectivity index (χ2v) is 5.29. The van der Waals surface area contributed by atoms with E-state index in [1.54, 1.807) is 5.38 Å². The molecule has 2 aromatic rings. The standard InChI is InChI=1S/C14H16FN3O3S/c1-20-6-10(16)13(19)18-14-17-11(7-22-14)9-5-8(15)3-4-12(9)21-2/h3-5,7,10H,6,16H2,1-2H3,(H,17,18,19). The molecule has 0 aliphatic rings. The molecular formula is C14H16FN3O3S. The van der Waals surface area contributed by atoms with E-state index in [9.17, 15) is 9.18 Å². The lowest BCUT2D eigenvalue weighted by Gasteiger charge is -2.09. The molecule has 8 heteroatoms. The Morgan fingerprint density at radius 2 is 2.27 bits per heavy atom. The van der Waals surface area contributed by atoms with E-state index in [1.807, 2.05) is 0 Å². The van der Waals surface area contributed by atoms with Crippen LogP contribution in [0, 0.1) is 5.82 Å². The zero-order valence-electron chi connectivity index (χ0n) is 12.1. The fourth-order valence-electron chi connectivity index (χ4n) is 1.79. The minimum Gasteiger partial charge on any atom is -0.496 e. The molecule has 6 nitrogen and oxygen atoms in total. The first-order valence-corrected chi connectivity index (χ1v) is 7.28. The summed E-state index contributed by atoms with van der Waals surface area (Å²) in [4.78, 5) is 16.0. The monoisotopic (exact) mass is 325 g/mol. The van der Waals surface area contributed by atoms with Crippen LogP contribution in [-0.2, 0) is 9.53 Å². The fraction of sp³-hybridized carbons (Fsp3) is 0.286. The van der Waals surface area contributed by atoms with Crippen LogP contribution in [0.2, 0.25) is 0 Å². The van der Waals surface area contributed by atoms with Crippen molar-refractivity contribution in [3.63, 3.8) is 0 Å². The number of rotatable bonds is 6. The molecule has 118 valence electrons. The molecule has 22 heavy (non-hydrogen) atoms. The summed E-state index contributed by atoms with van der Waals surface area (Å²) >= 11 is 1.22. The fourth-order valence-corrected chi connectivity index (χ4v) is 2.50. The molecule has 1 heterocycles. The molecule has 3 N–H and O–H groups in total. The Kier molecular flexibility index (Phi) is 5.42. The molecule has 0 fully saturated rings. The minimum absolute atomic E-state index is 0.113. The number of nitrogens with two attached hydrogens (primary N) is 1. The van der Waals surface area contributed by atoms with Crippen molar-refractivity contribution < 1.29 is 18.7 Å². The summed E-state index contributed by atoms with van der Waals surface area (Å²) in [5.41, 5.74) is 6.65. The SMILES string of the molecule is COCC(N)C(=O)Nc1nc(-c2cc(F)ccc2OC)cs1. The van der Waals surface area contributed by atoms with Crippen LogP contribution in [-0.4, -0.2) is 37.8 Å². The highest BCUT2D eigenvalue weighted by molar-refractivity contribution is 7.14. The molecule has 1 atom stereocenters. The number of nitrogens with one attached hydrogen (secondary N) is 1. The molecule has 0 aliphatic heterocycles. The summed E-state index contributed by atoms with van der Waals surface area (Å²) in [6.45, 7) is 0.113. The summed E-state index contributed by atoms with van der Waals surface area (Å²) in [5, 5.41) is 4.67. The van der Waals surface area contributed by atoms with E-state index < -0.39 is 17.8 Å². The van der Waals surface area contributed by atoms with Gasteiger partial charge in [0.15, 0.2) is 5.13 Å². The second-order valence-electron chi connectivity index (χ2n) is 4.43. The van der Waals surface area contributed by atoms with Crippen molar-refractivity contribution in [2.75, 3.05) is 26.1 Å². The number of benzene rings is 1. The Balaban J connectivity index is 2.18. The van der Waals surface area contributed by atoms with Gasteiger partial charge in [0.25, 0.3) is 0 Å². The van der Waals surface area contributed by atoms with E-state index in [-0.39, 0.29) is 6.61 Å². The molecule has 0 bridgehead atoms. The minimum atomic E-state index is -0.777. The van der Waals surface area contributed by atoms with Gasteiger partial charge in [-0.2, -0.15) is 0 Å². The average molecular weight is 325 g/mol. The number of nitrogens with zero attached hydrogens (tertiary/aromatic N) is 1. The zero-order chi connectivity index (χ0) is 16.1. The molecule has 0 saturated heterocycles. The third-order valence-electron chi connectivity index (χ3n) is 2.85. The maximum absolute atomic E-state index is 13.4. The number of hydrogen-bond donors (Lipinski definition) is 2. The number of aromatic nitrogens is 1. The van der Waals surface area contributed by atoms with E-state index in [2.05, 4.69) is 10.3 Å². The molecule has 0 saturated carbocycles. The second kappa shape index (κ2) is 7.30. The first kappa shape index (κ1) is 16.3. The van der Waals surface area contributed by atoms with Crippen LogP contribution in [0.1, 0.15) is 0 Å². The molecule has 2 rings (SSSR count). The Labute approximate surface area is 131 Å². The molecule has 1 unspecified atom stereocenters. The van der Waals surface area contributed by atoms with Crippen LogP contribution in [0.15, 0.2) is 23.6 Å². The lowest BCUT2D eigenvalue weighted by molar-refractivity contribution is -0.118. The van der Waals surface area contributed by atoms with Crippen LogP contribution in [0.5, 0.6) is 5.75 Å². The van der Waals surface area contributed by atoms with Gasteiger partial charge in [0.05, 0.1) is 19.4 Å². The van der Waals surface area contributed by atoms with Gasteiger partial charge < -0.3 is 20.5 Å². The Morgan fingerprint density at radius 1 is 1.50 bits per heavy atom. The number of carbonyl (C=O) groups is 1. The van der Waals surface area contributed by atoms with Crippen molar-refractivity contribution in [1.82, 2.24) is 4.98 Å². The molecule has 0 spiro atoms. The summed E-state index contributed by atoms with van der Waals surface area (Å²) in [7, 11) is 2.96. The van der Waals surface area contributed by atoms with Gasteiger partial charge in [-0.1, -0.05) is 0 Å². The van der Waals surface area contributed by atoms with E-state index in [1.165, 1.54) is 43.8 Å². The van der Waals surface area contributed by atoms with Gasteiger partial charge in [0.2, 0.25) is 5.91 Å². The van der Waals surface area contributed by atoms with Crippen LogP contribution in [0.4, 0.5) is 9.52 Å². The van der Waals surface area contributed by atoms with E-state index in [0.717, 1.165) is 0 Å². The third kappa shape index (κ3) is 3.79. The maximum atomic E-state index is 13.4. The van der Waals surface area contributed by atoms with Crippen LogP contribution in [0.3, 0.4) is 0 Å². The molecule has 1 amide bonds. The average Bonchev–Trinajstić information content (AvgIpc) is 2.95. The van der Waals surface area contributed by atoms with E-state index in [0.29, 0.717) is 22.1 Å². The largest absolute Gasteiger partial charge is 0.496 e. The Bertz CT molecular complexity index is 663. The van der Waals surface area contributed by atoms with Crippen LogP contribution < -0.4 is 15.8 Å². The van der Waals surface area contributed by atoms with Gasteiger partial charge in [0.1, 0.15) is 17.6 Å². The number of methoxy groups -OCH3 is 2. The first-order chi connectivity index (χ1) is 10.5. The van der Waals surface area contributed by atoms with Gasteiger partial charge in [-0.05, 0) is 18.2 Å². The lowest BCUT2D eigenvalue weighted by atomic mass is 10.1. The quantitative estimate of drug-likeness (QED) is 0.847. The van der Waals surface area contributed by atoms with Crippen molar-refractivity contribution in [1.29, 1.82) is 0 Å². The number of halogens is 1. The number of hydrogen-bond acceptors (Lipinski definition) is 6. The smallest absolute Gasteiger partial charge is 0.245 e. The maximum Gasteiger partial charge on any atom is 0.245 e. The number of ether oxygens (including phenoxy) is 2. The summed E-state index contributed by atoms with van der Waals surface area (Å²) in [5.74, 6) is -0.286. The van der Waals surface area contributed by atoms with Crippen LogP contribution in [0.25, 0.3) is 11.3 Å². The summed E-state index contributed by atoms with van der Waals surface area (Å²) < 4.78 is 23.4. The van der Waals surface area contributed by atoms with Crippen molar-refractivity contribution in [3.8, 4) is 17.0 Å². The van der Waals surface area contributed by atoms with Crippen molar-refractivity contribution in [3.05, 3.63) is 29.4 Å². The predicted molar refractivity (Wildman–Crippen MR) is 82.5 cm³/mol. The van der Waals surface area contributed by atoms with E-state index >= 15 is 0 Å². The van der Waals surface area contributed by atoms with Crippen molar-refractivity contribution >= 4 is 22.4 Å². The first-order valence-electron chi connectivity index (χ1n) is 6.40. The topological polar surface area (TPSA) is 86.5 Å². The predicted octanol–water partition coefficient (Wildman–Crippen LogP) is 1.87. The lowest BCUT2D eigenvalue weighted by Crippen LogP contribution is -2.39. The number of thiazole rings is 1. The zero-order valence-corrected chi connectivity index (χ0v) is 12.9. The summed E-state index contributed by atoms with van der Waals surface area (Å²) in [6, 6.07) is 3.38. The molecule has 1 aromatic carbocycles. The van der Waals surface area contributed by atoms with Crippen molar-refractivity contribution in [2.24, 2.45) is 5.73 Å².